The molecule has 19 heavy (non-hydrogen) atoms. The van der Waals surface area contributed by atoms with Crippen molar-refractivity contribution in [1.82, 2.24) is 0 Å². The summed E-state index contributed by atoms with van der Waals surface area (Å²) in [6.07, 6.45) is 2.28. The number of ether oxygens (including phenoxy) is 2. The molecule has 0 spiro atoms. The topological polar surface area (TPSA) is 35.5 Å². The Hall–Kier alpha value is -1.19. The highest BCUT2D eigenvalue weighted by atomic mass is 16.5. The molecule has 0 aliphatic carbocycles. The Kier molecular flexibility index (Phi) is 4.72. The smallest absolute Gasteiger partial charge is 0.194 e. The Morgan fingerprint density at radius 2 is 1.84 bits per heavy atom. The van der Waals surface area contributed by atoms with E-state index in [1.54, 1.807) is 0 Å². The summed E-state index contributed by atoms with van der Waals surface area (Å²) in [4.78, 5) is 12.7. The summed E-state index contributed by atoms with van der Waals surface area (Å²) in [5, 5.41) is 0. The van der Waals surface area contributed by atoms with Gasteiger partial charge in [-0.25, -0.2) is 0 Å². The van der Waals surface area contributed by atoms with E-state index in [0.29, 0.717) is 32.7 Å². The van der Waals surface area contributed by atoms with Crippen molar-refractivity contribution in [2.75, 3.05) is 19.8 Å². The molecule has 1 fully saturated rings. The van der Waals surface area contributed by atoms with Gasteiger partial charge in [0.15, 0.2) is 5.78 Å². The lowest BCUT2D eigenvalue weighted by Crippen LogP contribution is -2.46. The number of hydrogen-bond acceptors (Lipinski definition) is 3. The number of aryl methyl sites for hydroxylation is 1. The van der Waals surface area contributed by atoms with Crippen LogP contribution in [0, 0.1) is 0 Å². The van der Waals surface area contributed by atoms with Crippen molar-refractivity contribution >= 4 is 5.78 Å². The van der Waals surface area contributed by atoms with Crippen LogP contribution in [0.2, 0.25) is 0 Å². The van der Waals surface area contributed by atoms with Gasteiger partial charge in [-0.15, -0.1) is 0 Å². The number of ketones is 1. The summed E-state index contributed by atoms with van der Waals surface area (Å²) >= 11 is 0. The van der Waals surface area contributed by atoms with Crippen LogP contribution in [0.15, 0.2) is 24.3 Å². The van der Waals surface area contributed by atoms with E-state index in [0.717, 1.165) is 12.0 Å². The number of benzene rings is 1. The van der Waals surface area contributed by atoms with Crippen LogP contribution in [0.1, 0.15) is 42.6 Å². The Morgan fingerprint density at radius 3 is 2.37 bits per heavy atom. The highest BCUT2D eigenvalue weighted by Crippen LogP contribution is 2.29. The van der Waals surface area contributed by atoms with Crippen molar-refractivity contribution in [2.45, 2.75) is 38.7 Å². The van der Waals surface area contributed by atoms with Gasteiger partial charge in [0.2, 0.25) is 0 Å². The molecule has 0 N–H and O–H groups in total. The first-order chi connectivity index (χ1) is 9.22. The van der Waals surface area contributed by atoms with Gasteiger partial charge >= 0.3 is 0 Å². The second-order valence-electron chi connectivity index (χ2n) is 4.92. The molecule has 0 bridgehead atoms. The van der Waals surface area contributed by atoms with Gasteiger partial charge in [0.25, 0.3) is 0 Å². The van der Waals surface area contributed by atoms with E-state index in [-0.39, 0.29) is 5.78 Å². The Labute approximate surface area is 114 Å². The zero-order valence-electron chi connectivity index (χ0n) is 11.8. The number of carbonyl (C=O) groups is 1. The third-order valence-electron chi connectivity index (χ3n) is 3.76. The van der Waals surface area contributed by atoms with Gasteiger partial charge in [-0.2, -0.15) is 0 Å². The van der Waals surface area contributed by atoms with Gasteiger partial charge in [0.1, 0.15) is 5.60 Å². The SMILES string of the molecule is CCOC1(C(=O)c2ccc(CC)cc2)CCOCC1. The molecule has 1 aromatic carbocycles. The highest BCUT2D eigenvalue weighted by molar-refractivity contribution is 6.02. The van der Waals surface area contributed by atoms with Gasteiger partial charge in [0, 0.05) is 38.2 Å². The summed E-state index contributed by atoms with van der Waals surface area (Å²) in [6.45, 7) is 5.79. The largest absolute Gasteiger partial charge is 0.381 e. The van der Waals surface area contributed by atoms with Gasteiger partial charge in [-0.1, -0.05) is 31.2 Å². The molecular formula is C16H22O3. The van der Waals surface area contributed by atoms with Crippen molar-refractivity contribution in [3.05, 3.63) is 35.4 Å². The maximum Gasteiger partial charge on any atom is 0.194 e. The van der Waals surface area contributed by atoms with Crippen LogP contribution in [0.25, 0.3) is 0 Å². The third-order valence-corrected chi connectivity index (χ3v) is 3.76. The molecule has 1 aliphatic heterocycles. The van der Waals surface area contributed by atoms with Crippen LogP contribution in [-0.4, -0.2) is 31.2 Å². The third kappa shape index (κ3) is 3.04. The van der Waals surface area contributed by atoms with Crippen LogP contribution in [0.3, 0.4) is 0 Å². The fraction of sp³-hybridized carbons (Fsp3) is 0.562. The maximum absolute atomic E-state index is 12.7. The molecule has 0 amide bonds. The van der Waals surface area contributed by atoms with Crippen molar-refractivity contribution in [2.24, 2.45) is 0 Å². The molecule has 0 unspecified atom stereocenters. The van der Waals surface area contributed by atoms with Crippen molar-refractivity contribution < 1.29 is 14.3 Å². The lowest BCUT2D eigenvalue weighted by Gasteiger charge is -2.35. The fourth-order valence-corrected chi connectivity index (χ4v) is 2.57. The second-order valence-corrected chi connectivity index (χ2v) is 4.92. The van der Waals surface area contributed by atoms with Gasteiger partial charge in [-0.3, -0.25) is 4.79 Å². The molecule has 1 aromatic rings. The normalized spacial score (nSPS) is 18.2. The first kappa shape index (κ1) is 14.2. The number of Topliss-reactive ketones (excluding diaryl/α,β-unsaturated/α-hetero) is 1. The zero-order chi connectivity index (χ0) is 13.7. The van der Waals surface area contributed by atoms with Gasteiger partial charge < -0.3 is 9.47 Å². The summed E-state index contributed by atoms with van der Waals surface area (Å²) in [5.74, 6) is 0.0975. The average molecular weight is 262 g/mol. The molecule has 1 aliphatic rings. The standard InChI is InChI=1S/C16H22O3/c1-3-13-5-7-14(8-6-13)15(17)16(19-4-2)9-11-18-12-10-16/h5-8H,3-4,9-12H2,1-2H3. The molecule has 3 nitrogen and oxygen atoms in total. The monoisotopic (exact) mass is 262 g/mol. The minimum absolute atomic E-state index is 0.0975. The minimum Gasteiger partial charge on any atom is -0.381 e. The van der Waals surface area contributed by atoms with E-state index in [2.05, 4.69) is 6.92 Å². The Balaban J connectivity index is 2.22. The number of hydrogen-bond donors (Lipinski definition) is 0. The van der Waals surface area contributed by atoms with Crippen LogP contribution in [0.5, 0.6) is 0 Å². The molecule has 0 atom stereocenters. The van der Waals surface area contributed by atoms with Gasteiger partial charge in [-0.05, 0) is 18.9 Å². The summed E-state index contributed by atoms with van der Waals surface area (Å²) in [7, 11) is 0. The first-order valence-corrected chi connectivity index (χ1v) is 7.07. The molecule has 0 saturated carbocycles. The van der Waals surface area contributed by atoms with Crippen LogP contribution in [-0.2, 0) is 15.9 Å². The molecule has 2 rings (SSSR count). The first-order valence-electron chi connectivity index (χ1n) is 7.07. The van der Waals surface area contributed by atoms with E-state index in [9.17, 15) is 4.79 Å². The highest BCUT2D eigenvalue weighted by Gasteiger charge is 2.41. The van der Waals surface area contributed by atoms with E-state index in [1.807, 2.05) is 31.2 Å². The quantitative estimate of drug-likeness (QED) is 0.765. The zero-order valence-corrected chi connectivity index (χ0v) is 11.8. The Morgan fingerprint density at radius 1 is 1.21 bits per heavy atom. The molecule has 1 saturated heterocycles. The average Bonchev–Trinajstić information content (AvgIpc) is 2.48. The summed E-state index contributed by atoms with van der Waals surface area (Å²) in [6, 6.07) is 7.87. The van der Waals surface area contributed by atoms with Crippen molar-refractivity contribution in [1.29, 1.82) is 0 Å². The van der Waals surface area contributed by atoms with E-state index in [1.165, 1.54) is 5.56 Å². The molecular weight excluding hydrogens is 240 g/mol. The molecule has 104 valence electrons. The lowest BCUT2D eigenvalue weighted by molar-refractivity contribution is -0.0822. The predicted molar refractivity (Wildman–Crippen MR) is 74.6 cm³/mol. The second kappa shape index (κ2) is 6.31. The van der Waals surface area contributed by atoms with Crippen LogP contribution < -0.4 is 0 Å². The predicted octanol–water partition coefficient (Wildman–Crippen LogP) is 3.02. The van der Waals surface area contributed by atoms with Crippen molar-refractivity contribution in [3.8, 4) is 0 Å². The molecule has 0 aromatic heterocycles. The fourth-order valence-electron chi connectivity index (χ4n) is 2.57. The minimum atomic E-state index is -0.680. The van der Waals surface area contributed by atoms with E-state index in [4.69, 9.17) is 9.47 Å². The van der Waals surface area contributed by atoms with Gasteiger partial charge in [0.05, 0.1) is 0 Å². The Bertz CT molecular complexity index is 411. The van der Waals surface area contributed by atoms with Crippen LogP contribution >= 0.6 is 0 Å². The number of rotatable bonds is 5. The molecule has 1 heterocycles. The number of carbonyl (C=O) groups excluding carboxylic acids is 1. The van der Waals surface area contributed by atoms with Crippen LogP contribution in [0.4, 0.5) is 0 Å². The summed E-state index contributed by atoms with van der Waals surface area (Å²) in [5.41, 5.74) is 1.31. The molecule has 0 radical (unpaired) electrons. The maximum atomic E-state index is 12.7. The van der Waals surface area contributed by atoms with E-state index < -0.39 is 5.60 Å². The molecule has 3 heteroatoms. The summed E-state index contributed by atoms with van der Waals surface area (Å²) < 4.78 is 11.2. The van der Waals surface area contributed by atoms with Crippen molar-refractivity contribution in [3.63, 3.8) is 0 Å². The lowest BCUT2D eigenvalue weighted by atomic mass is 9.85. The van der Waals surface area contributed by atoms with E-state index >= 15 is 0 Å².